The third kappa shape index (κ3) is 2.00. The molecule has 76 valence electrons. The highest BCUT2D eigenvalue weighted by atomic mass is 35.5. The molecule has 0 fully saturated rings. The van der Waals surface area contributed by atoms with Gasteiger partial charge in [-0.15, -0.1) is 0 Å². The summed E-state index contributed by atoms with van der Waals surface area (Å²) in [6.45, 7) is 1.91. The lowest BCUT2D eigenvalue weighted by molar-refractivity contribution is 0.631. The van der Waals surface area contributed by atoms with Crippen LogP contribution in [0.3, 0.4) is 0 Å². The molecule has 1 heterocycles. The van der Waals surface area contributed by atoms with Gasteiger partial charge in [-0.25, -0.2) is 4.39 Å². The summed E-state index contributed by atoms with van der Waals surface area (Å²) in [5.41, 5.74) is 2.10. The normalized spacial score (nSPS) is 10.3. The first-order valence-corrected chi connectivity index (χ1v) is 4.92. The summed E-state index contributed by atoms with van der Waals surface area (Å²) in [6, 6.07) is 6.51. The van der Waals surface area contributed by atoms with Gasteiger partial charge < -0.3 is 0 Å². The Morgan fingerprint density at radius 1 is 1.27 bits per heavy atom. The summed E-state index contributed by atoms with van der Waals surface area (Å²) in [6.07, 6.45) is 3.33. The van der Waals surface area contributed by atoms with Crippen LogP contribution in [0.15, 0.2) is 36.7 Å². The number of hydrogen-bond acceptors (Lipinski definition) is 1. The standard InChI is InChI=1S/C12H9ClFN/c1-8-5-9(7-15-6-8)12-10(13)3-2-4-11(12)14/h2-7H,1H3. The molecule has 15 heavy (non-hydrogen) atoms. The highest BCUT2D eigenvalue weighted by molar-refractivity contribution is 6.33. The van der Waals surface area contributed by atoms with E-state index in [4.69, 9.17) is 11.6 Å². The van der Waals surface area contributed by atoms with Gasteiger partial charge in [-0.1, -0.05) is 17.7 Å². The zero-order valence-corrected chi connectivity index (χ0v) is 8.92. The fourth-order valence-corrected chi connectivity index (χ4v) is 1.74. The Balaban J connectivity index is 2.63. The average molecular weight is 222 g/mol. The fraction of sp³-hybridized carbons (Fsp3) is 0.0833. The van der Waals surface area contributed by atoms with E-state index in [0.717, 1.165) is 5.56 Å². The second-order valence-electron chi connectivity index (χ2n) is 3.35. The van der Waals surface area contributed by atoms with E-state index in [1.165, 1.54) is 6.07 Å². The van der Waals surface area contributed by atoms with E-state index in [0.29, 0.717) is 16.1 Å². The van der Waals surface area contributed by atoms with Gasteiger partial charge >= 0.3 is 0 Å². The Hall–Kier alpha value is -1.41. The van der Waals surface area contributed by atoms with E-state index in [1.54, 1.807) is 24.5 Å². The Kier molecular flexibility index (Phi) is 2.69. The lowest BCUT2D eigenvalue weighted by Gasteiger charge is -2.05. The maximum atomic E-state index is 13.6. The predicted molar refractivity (Wildman–Crippen MR) is 59.4 cm³/mol. The summed E-state index contributed by atoms with van der Waals surface area (Å²) in [4.78, 5) is 4.02. The topological polar surface area (TPSA) is 12.9 Å². The molecule has 0 saturated carbocycles. The van der Waals surface area contributed by atoms with E-state index < -0.39 is 0 Å². The summed E-state index contributed by atoms with van der Waals surface area (Å²) < 4.78 is 13.6. The molecule has 0 atom stereocenters. The summed E-state index contributed by atoms with van der Waals surface area (Å²) in [7, 11) is 0. The highest BCUT2D eigenvalue weighted by Gasteiger charge is 2.09. The molecular formula is C12H9ClFN. The van der Waals surface area contributed by atoms with Gasteiger partial charge in [0.1, 0.15) is 5.82 Å². The van der Waals surface area contributed by atoms with Crippen LogP contribution in [0, 0.1) is 12.7 Å². The number of benzene rings is 1. The number of hydrogen-bond donors (Lipinski definition) is 0. The van der Waals surface area contributed by atoms with Gasteiger partial charge in [-0.05, 0) is 30.7 Å². The van der Waals surface area contributed by atoms with Crippen LogP contribution in [0.25, 0.3) is 11.1 Å². The molecule has 0 saturated heterocycles. The monoisotopic (exact) mass is 221 g/mol. The summed E-state index contributed by atoms with van der Waals surface area (Å²) in [5, 5.41) is 0.405. The minimum atomic E-state index is -0.324. The van der Waals surface area contributed by atoms with Crippen LogP contribution in [-0.4, -0.2) is 4.98 Å². The van der Waals surface area contributed by atoms with Gasteiger partial charge in [0.05, 0.1) is 5.02 Å². The fourth-order valence-electron chi connectivity index (χ4n) is 1.47. The molecule has 0 spiro atoms. The van der Waals surface area contributed by atoms with Crippen molar-refractivity contribution in [3.8, 4) is 11.1 Å². The number of rotatable bonds is 1. The van der Waals surface area contributed by atoms with Crippen molar-refractivity contribution in [3.05, 3.63) is 53.1 Å². The Morgan fingerprint density at radius 2 is 2.07 bits per heavy atom. The van der Waals surface area contributed by atoms with E-state index in [-0.39, 0.29) is 5.82 Å². The second-order valence-corrected chi connectivity index (χ2v) is 3.75. The first-order valence-electron chi connectivity index (χ1n) is 4.54. The van der Waals surface area contributed by atoms with Crippen LogP contribution >= 0.6 is 11.6 Å². The third-order valence-electron chi connectivity index (χ3n) is 2.13. The van der Waals surface area contributed by atoms with E-state index in [1.807, 2.05) is 13.0 Å². The molecule has 1 aromatic heterocycles. The zero-order valence-electron chi connectivity index (χ0n) is 8.17. The molecule has 0 bridgehead atoms. The van der Waals surface area contributed by atoms with Gasteiger partial charge in [-0.2, -0.15) is 0 Å². The van der Waals surface area contributed by atoms with E-state index in [9.17, 15) is 4.39 Å². The Labute approximate surface area is 92.5 Å². The van der Waals surface area contributed by atoms with Crippen molar-refractivity contribution in [2.45, 2.75) is 6.92 Å². The summed E-state index contributed by atoms with van der Waals surface area (Å²) in [5.74, 6) is -0.324. The van der Waals surface area contributed by atoms with Crippen molar-refractivity contribution in [2.24, 2.45) is 0 Å². The second kappa shape index (κ2) is 3.99. The minimum Gasteiger partial charge on any atom is -0.264 e. The minimum absolute atomic E-state index is 0.324. The van der Waals surface area contributed by atoms with Crippen LogP contribution in [-0.2, 0) is 0 Å². The Bertz CT molecular complexity index is 476. The first kappa shape index (κ1) is 10.1. The largest absolute Gasteiger partial charge is 0.264 e. The van der Waals surface area contributed by atoms with Gasteiger partial charge in [-0.3, -0.25) is 4.98 Å². The van der Waals surface area contributed by atoms with Crippen molar-refractivity contribution in [1.82, 2.24) is 4.98 Å². The van der Waals surface area contributed by atoms with Gasteiger partial charge in [0.2, 0.25) is 0 Å². The molecule has 0 unspecified atom stereocenters. The predicted octanol–water partition coefficient (Wildman–Crippen LogP) is 3.85. The van der Waals surface area contributed by atoms with Gasteiger partial charge in [0.25, 0.3) is 0 Å². The molecular weight excluding hydrogens is 213 g/mol. The molecule has 1 aromatic carbocycles. The van der Waals surface area contributed by atoms with Crippen LogP contribution in [0.4, 0.5) is 4.39 Å². The maximum Gasteiger partial charge on any atom is 0.132 e. The molecule has 0 radical (unpaired) electrons. The lowest BCUT2D eigenvalue weighted by Crippen LogP contribution is -1.87. The van der Waals surface area contributed by atoms with Crippen molar-refractivity contribution in [3.63, 3.8) is 0 Å². The molecule has 3 heteroatoms. The summed E-state index contributed by atoms with van der Waals surface area (Å²) >= 11 is 5.95. The average Bonchev–Trinajstić information content (AvgIpc) is 2.17. The third-order valence-corrected chi connectivity index (χ3v) is 2.44. The number of pyridine rings is 1. The van der Waals surface area contributed by atoms with E-state index in [2.05, 4.69) is 4.98 Å². The number of halogens is 2. The Morgan fingerprint density at radius 3 is 2.73 bits per heavy atom. The highest BCUT2D eigenvalue weighted by Crippen LogP contribution is 2.30. The molecule has 0 amide bonds. The van der Waals surface area contributed by atoms with Crippen LogP contribution in [0.1, 0.15) is 5.56 Å². The molecule has 0 N–H and O–H groups in total. The quantitative estimate of drug-likeness (QED) is 0.713. The lowest BCUT2D eigenvalue weighted by atomic mass is 10.1. The zero-order chi connectivity index (χ0) is 10.8. The molecule has 0 aliphatic heterocycles. The molecule has 2 aromatic rings. The first-order chi connectivity index (χ1) is 7.18. The van der Waals surface area contributed by atoms with Gasteiger partial charge in [0, 0.05) is 23.5 Å². The molecule has 0 aliphatic rings. The number of aromatic nitrogens is 1. The van der Waals surface area contributed by atoms with Crippen LogP contribution in [0.5, 0.6) is 0 Å². The molecule has 1 nitrogen and oxygen atoms in total. The van der Waals surface area contributed by atoms with Crippen LogP contribution < -0.4 is 0 Å². The van der Waals surface area contributed by atoms with E-state index >= 15 is 0 Å². The van der Waals surface area contributed by atoms with Crippen LogP contribution in [0.2, 0.25) is 5.02 Å². The van der Waals surface area contributed by atoms with Crippen molar-refractivity contribution in [2.75, 3.05) is 0 Å². The van der Waals surface area contributed by atoms with Crippen molar-refractivity contribution in [1.29, 1.82) is 0 Å². The molecule has 0 aliphatic carbocycles. The molecule has 2 rings (SSSR count). The van der Waals surface area contributed by atoms with Crippen molar-refractivity contribution >= 4 is 11.6 Å². The van der Waals surface area contributed by atoms with Gasteiger partial charge in [0.15, 0.2) is 0 Å². The number of nitrogens with zero attached hydrogens (tertiary/aromatic N) is 1. The SMILES string of the molecule is Cc1cncc(-c2c(F)cccc2Cl)c1. The maximum absolute atomic E-state index is 13.6. The smallest absolute Gasteiger partial charge is 0.132 e. The van der Waals surface area contributed by atoms with Crippen molar-refractivity contribution < 1.29 is 4.39 Å². The number of aryl methyl sites for hydroxylation is 1.